The number of amides is 1. The first-order valence-electron chi connectivity index (χ1n) is 7.91. The molecule has 0 radical (unpaired) electrons. The number of benzene rings is 1. The number of aryl methyl sites for hydroxylation is 1. The van der Waals surface area contributed by atoms with Gasteiger partial charge < -0.3 is 10.4 Å². The summed E-state index contributed by atoms with van der Waals surface area (Å²) < 4.78 is 1.19. The third-order valence-corrected chi connectivity index (χ3v) is 3.84. The van der Waals surface area contributed by atoms with Crippen molar-refractivity contribution in [3.8, 4) is 0 Å². The Bertz CT molecular complexity index is 813. The summed E-state index contributed by atoms with van der Waals surface area (Å²) in [4.78, 5) is 35.5. The van der Waals surface area contributed by atoms with Crippen molar-refractivity contribution in [2.45, 2.75) is 38.6 Å². The summed E-state index contributed by atoms with van der Waals surface area (Å²) in [5.41, 5.74) is 0.214. The van der Waals surface area contributed by atoms with E-state index in [4.69, 9.17) is 0 Å². The summed E-state index contributed by atoms with van der Waals surface area (Å²) in [5, 5.41) is 17.0. The molecule has 2 rings (SSSR count). The molecule has 0 aliphatic heterocycles. The summed E-state index contributed by atoms with van der Waals surface area (Å²) in [6, 6.07) is 6.03. The van der Waals surface area contributed by atoms with E-state index < -0.39 is 17.9 Å². The largest absolute Gasteiger partial charge is 0.480 e. The van der Waals surface area contributed by atoms with Crippen LogP contribution in [0.1, 0.15) is 31.9 Å². The molecule has 1 aromatic heterocycles. The fourth-order valence-corrected chi connectivity index (χ4v) is 2.57. The van der Waals surface area contributed by atoms with E-state index in [1.54, 1.807) is 24.3 Å². The average molecular weight is 331 g/mol. The first-order chi connectivity index (χ1) is 11.4. The smallest absolute Gasteiger partial charge is 0.326 e. The van der Waals surface area contributed by atoms with E-state index in [1.807, 2.05) is 6.92 Å². The SMILES string of the molecule is CCCC[C@H](NC(=O)Cc1nn(C)c(=O)c2ccccc12)C(=O)O. The van der Waals surface area contributed by atoms with E-state index in [-0.39, 0.29) is 12.0 Å². The van der Waals surface area contributed by atoms with Crippen molar-refractivity contribution < 1.29 is 14.7 Å². The minimum Gasteiger partial charge on any atom is -0.480 e. The van der Waals surface area contributed by atoms with Crippen molar-refractivity contribution in [1.82, 2.24) is 15.1 Å². The van der Waals surface area contributed by atoms with Gasteiger partial charge in [0.1, 0.15) is 6.04 Å². The van der Waals surface area contributed by atoms with E-state index in [0.717, 1.165) is 12.8 Å². The maximum Gasteiger partial charge on any atom is 0.326 e. The Kier molecular flexibility index (Phi) is 5.68. The number of rotatable bonds is 7. The summed E-state index contributed by atoms with van der Waals surface area (Å²) in [5.74, 6) is -1.47. The molecule has 0 aliphatic rings. The van der Waals surface area contributed by atoms with Crippen LogP contribution in [0.15, 0.2) is 29.1 Å². The Labute approximate surface area is 139 Å². The van der Waals surface area contributed by atoms with Crippen molar-refractivity contribution >= 4 is 22.6 Å². The molecule has 24 heavy (non-hydrogen) atoms. The molecule has 0 fully saturated rings. The van der Waals surface area contributed by atoms with Crippen LogP contribution < -0.4 is 10.9 Å². The van der Waals surface area contributed by atoms with E-state index in [9.17, 15) is 19.5 Å². The molecule has 1 atom stereocenters. The van der Waals surface area contributed by atoms with Crippen LogP contribution in [0.2, 0.25) is 0 Å². The number of fused-ring (bicyclic) bond motifs is 1. The van der Waals surface area contributed by atoms with E-state index in [1.165, 1.54) is 11.7 Å². The zero-order valence-corrected chi connectivity index (χ0v) is 13.8. The number of nitrogens with zero attached hydrogens (tertiary/aromatic N) is 2. The Morgan fingerprint density at radius 1 is 1.29 bits per heavy atom. The molecular weight excluding hydrogens is 310 g/mol. The molecule has 7 nitrogen and oxygen atoms in total. The molecule has 128 valence electrons. The molecular formula is C17H21N3O4. The van der Waals surface area contributed by atoms with Gasteiger partial charge in [-0.1, -0.05) is 38.0 Å². The molecule has 1 amide bonds. The van der Waals surface area contributed by atoms with Crippen LogP contribution in [0.5, 0.6) is 0 Å². The van der Waals surface area contributed by atoms with Gasteiger partial charge in [0.2, 0.25) is 5.91 Å². The number of carboxylic acids is 1. The number of hydrogen-bond acceptors (Lipinski definition) is 4. The third-order valence-electron chi connectivity index (χ3n) is 3.84. The zero-order chi connectivity index (χ0) is 17.7. The highest BCUT2D eigenvalue weighted by atomic mass is 16.4. The minimum atomic E-state index is -1.05. The molecule has 1 aromatic carbocycles. The van der Waals surface area contributed by atoms with Gasteiger partial charge >= 0.3 is 5.97 Å². The lowest BCUT2D eigenvalue weighted by Gasteiger charge is -2.14. The van der Waals surface area contributed by atoms with Crippen molar-refractivity contribution in [3.63, 3.8) is 0 Å². The molecule has 2 aromatic rings. The molecule has 1 heterocycles. The Hall–Kier alpha value is -2.70. The van der Waals surface area contributed by atoms with Gasteiger partial charge in [-0.15, -0.1) is 0 Å². The molecule has 0 aliphatic carbocycles. The number of aromatic nitrogens is 2. The van der Waals surface area contributed by atoms with Crippen LogP contribution in [0.25, 0.3) is 10.8 Å². The third kappa shape index (κ3) is 3.98. The number of aliphatic carboxylic acids is 1. The predicted molar refractivity (Wildman–Crippen MR) is 89.8 cm³/mol. The fourth-order valence-electron chi connectivity index (χ4n) is 2.57. The zero-order valence-electron chi connectivity index (χ0n) is 13.8. The maximum absolute atomic E-state index is 12.2. The number of carbonyl (C=O) groups is 2. The number of carbonyl (C=O) groups excluding carboxylic acids is 1. The normalized spacial score (nSPS) is 12.1. The first-order valence-corrected chi connectivity index (χ1v) is 7.91. The first kappa shape index (κ1) is 17.7. The van der Waals surface area contributed by atoms with Gasteiger partial charge in [-0.05, 0) is 12.5 Å². The van der Waals surface area contributed by atoms with Gasteiger partial charge in [-0.25, -0.2) is 9.48 Å². The fraction of sp³-hybridized carbons (Fsp3) is 0.412. The van der Waals surface area contributed by atoms with Crippen molar-refractivity contribution in [2.24, 2.45) is 7.05 Å². The molecule has 7 heteroatoms. The molecule has 0 bridgehead atoms. The lowest BCUT2D eigenvalue weighted by molar-refractivity contribution is -0.142. The van der Waals surface area contributed by atoms with Crippen LogP contribution in [-0.2, 0) is 23.1 Å². The summed E-state index contributed by atoms with van der Waals surface area (Å²) >= 11 is 0. The number of unbranched alkanes of at least 4 members (excludes halogenated alkanes) is 1. The lowest BCUT2D eigenvalue weighted by Crippen LogP contribution is -2.41. The van der Waals surface area contributed by atoms with Crippen LogP contribution in [0.3, 0.4) is 0 Å². The van der Waals surface area contributed by atoms with Gasteiger partial charge in [0, 0.05) is 12.4 Å². The van der Waals surface area contributed by atoms with Gasteiger partial charge in [0.15, 0.2) is 0 Å². The summed E-state index contributed by atoms with van der Waals surface area (Å²) in [6.07, 6.45) is 1.88. The van der Waals surface area contributed by atoms with Gasteiger partial charge in [-0.3, -0.25) is 9.59 Å². The predicted octanol–water partition coefficient (Wildman–Crippen LogP) is 1.24. The van der Waals surface area contributed by atoms with Gasteiger partial charge in [-0.2, -0.15) is 5.10 Å². The van der Waals surface area contributed by atoms with E-state index in [2.05, 4.69) is 10.4 Å². The Balaban J connectivity index is 2.23. The molecule has 0 saturated carbocycles. The summed E-state index contributed by atoms with van der Waals surface area (Å²) in [6.45, 7) is 1.96. The van der Waals surface area contributed by atoms with E-state index in [0.29, 0.717) is 22.9 Å². The van der Waals surface area contributed by atoms with Crippen LogP contribution >= 0.6 is 0 Å². The maximum atomic E-state index is 12.2. The van der Waals surface area contributed by atoms with Crippen molar-refractivity contribution in [2.75, 3.05) is 0 Å². The topological polar surface area (TPSA) is 101 Å². The van der Waals surface area contributed by atoms with Crippen LogP contribution in [0, 0.1) is 0 Å². The molecule has 0 spiro atoms. The van der Waals surface area contributed by atoms with Gasteiger partial charge in [0.05, 0.1) is 17.5 Å². The van der Waals surface area contributed by atoms with Crippen molar-refractivity contribution in [1.29, 1.82) is 0 Å². The number of carboxylic acid groups (broad SMARTS) is 1. The van der Waals surface area contributed by atoms with Gasteiger partial charge in [0.25, 0.3) is 5.56 Å². The molecule has 2 N–H and O–H groups in total. The number of nitrogens with one attached hydrogen (secondary N) is 1. The average Bonchev–Trinajstić information content (AvgIpc) is 2.56. The van der Waals surface area contributed by atoms with Crippen LogP contribution in [0.4, 0.5) is 0 Å². The van der Waals surface area contributed by atoms with E-state index >= 15 is 0 Å². The second-order valence-corrected chi connectivity index (χ2v) is 5.70. The highest BCUT2D eigenvalue weighted by Crippen LogP contribution is 2.13. The Morgan fingerprint density at radius 2 is 1.96 bits per heavy atom. The molecule has 0 saturated heterocycles. The van der Waals surface area contributed by atoms with Crippen molar-refractivity contribution in [3.05, 3.63) is 40.3 Å². The summed E-state index contributed by atoms with van der Waals surface area (Å²) in [7, 11) is 1.53. The monoisotopic (exact) mass is 331 g/mol. The highest BCUT2D eigenvalue weighted by molar-refractivity contribution is 5.90. The highest BCUT2D eigenvalue weighted by Gasteiger charge is 2.20. The standard InChI is InChI=1S/C17H21N3O4/c1-3-4-9-13(17(23)24)18-15(21)10-14-11-7-5-6-8-12(11)16(22)20(2)19-14/h5-8,13H,3-4,9-10H2,1-2H3,(H,18,21)(H,23,24)/t13-/m0/s1. The number of hydrogen-bond donors (Lipinski definition) is 2. The lowest BCUT2D eigenvalue weighted by atomic mass is 10.1. The van der Waals surface area contributed by atoms with Crippen LogP contribution in [-0.4, -0.2) is 32.8 Å². The second kappa shape index (κ2) is 7.72. The minimum absolute atomic E-state index is 0.0788. The quantitative estimate of drug-likeness (QED) is 0.795. The Morgan fingerprint density at radius 3 is 2.58 bits per heavy atom. The second-order valence-electron chi connectivity index (χ2n) is 5.70. The molecule has 0 unspecified atom stereocenters.